The highest BCUT2D eigenvalue weighted by atomic mass is 35.5. The van der Waals surface area contributed by atoms with Crippen molar-refractivity contribution in [2.45, 2.75) is 0 Å². The van der Waals surface area contributed by atoms with Crippen LogP contribution < -0.4 is 5.32 Å². The van der Waals surface area contributed by atoms with Crippen LogP contribution in [0.1, 0.15) is 0 Å². The van der Waals surface area contributed by atoms with Crippen molar-refractivity contribution in [3.63, 3.8) is 0 Å². The number of aliphatic carboxylic acids is 1. The van der Waals surface area contributed by atoms with Crippen molar-refractivity contribution in [2.75, 3.05) is 11.9 Å². The Morgan fingerprint density at radius 2 is 2.42 bits per heavy atom. The van der Waals surface area contributed by atoms with Crippen molar-refractivity contribution >= 4 is 23.3 Å². The van der Waals surface area contributed by atoms with Crippen molar-refractivity contribution in [1.29, 1.82) is 0 Å². The molecule has 0 radical (unpaired) electrons. The highest BCUT2D eigenvalue weighted by Gasteiger charge is 1.96. The Hall–Kier alpha value is -1.29. The van der Waals surface area contributed by atoms with Crippen LogP contribution >= 0.6 is 11.6 Å². The van der Waals surface area contributed by atoms with Crippen LogP contribution in [0.4, 0.5) is 5.69 Å². The fraction of sp³-hybridized carbons (Fsp3) is 0.143. The molecule has 12 heavy (non-hydrogen) atoms. The number of carboxylic acid groups (broad SMARTS) is 1. The maximum atomic E-state index is 10.1. The van der Waals surface area contributed by atoms with Gasteiger partial charge in [-0.1, -0.05) is 11.6 Å². The topological polar surface area (TPSA) is 62.2 Å². The van der Waals surface area contributed by atoms with Gasteiger partial charge in [0.2, 0.25) is 0 Å². The van der Waals surface area contributed by atoms with Crippen LogP contribution in [-0.4, -0.2) is 22.6 Å². The molecule has 0 aliphatic heterocycles. The Bertz CT molecular complexity index is 273. The van der Waals surface area contributed by atoms with E-state index in [0.29, 0.717) is 10.8 Å². The van der Waals surface area contributed by atoms with E-state index in [1.807, 2.05) is 0 Å². The first kappa shape index (κ1) is 8.80. The Kier molecular flexibility index (Phi) is 2.88. The zero-order chi connectivity index (χ0) is 8.97. The van der Waals surface area contributed by atoms with E-state index in [2.05, 4.69) is 10.3 Å². The van der Waals surface area contributed by atoms with E-state index in [9.17, 15) is 4.79 Å². The van der Waals surface area contributed by atoms with Crippen LogP contribution in [0.15, 0.2) is 18.3 Å². The average molecular weight is 187 g/mol. The minimum Gasteiger partial charge on any atom is -0.480 e. The molecule has 1 aromatic heterocycles. The minimum absolute atomic E-state index is 0.122. The highest BCUT2D eigenvalue weighted by Crippen LogP contribution is 2.08. The number of pyridine rings is 1. The summed E-state index contributed by atoms with van der Waals surface area (Å²) in [6.07, 6.45) is 1.48. The summed E-state index contributed by atoms with van der Waals surface area (Å²) in [5, 5.41) is 11.4. The molecule has 64 valence electrons. The molecule has 0 bridgehead atoms. The molecule has 0 aliphatic carbocycles. The van der Waals surface area contributed by atoms with Gasteiger partial charge in [0.25, 0.3) is 0 Å². The quantitative estimate of drug-likeness (QED) is 0.697. The molecule has 0 aliphatic rings. The third kappa shape index (κ3) is 2.75. The summed E-state index contributed by atoms with van der Waals surface area (Å²) < 4.78 is 0. The van der Waals surface area contributed by atoms with Crippen LogP contribution in [-0.2, 0) is 4.79 Å². The van der Waals surface area contributed by atoms with E-state index >= 15 is 0 Å². The number of anilines is 1. The van der Waals surface area contributed by atoms with Crippen molar-refractivity contribution in [3.8, 4) is 0 Å². The van der Waals surface area contributed by atoms with Gasteiger partial charge in [0.15, 0.2) is 0 Å². The summed E-state index contributed by atoms with van der Waals surface area (Å²) >= 11 is 5.52. The van der Waals surface area contributed by atoms with Gasteiger partial charge in [0.1, 0.15) is 11.7 Å². The van der Waals surface area contributed by atoms with Crippen LogP contribution in [0.2, 0.25) is 5.15 Å². The molecule has 4 nitrogen and oxygen atoms in total. The fourth-order valence-corrected chi connectivity index (χ4v) is 0.770. The van der Waals surface area contributed by atoms with Crippen molar-refractivity contribution in [2.24, 2.45) is 0 Å². The smallest absolute Gasteiger partial charge is 0.322 e. The monoisotopic (exact) mass is 186 g/mol. The Morgan fingerprint density at radius 1 is 1.67 bits per heavy atom. The molecular formula is C7H7ClN2O2. The van der Waals surface area contributed by atoms with Crippen LogP contribution in [0.25, 0.3) is 0 Å². The van der Waals surface area contributed by atoms with E-state index in [-0.39, 0.29) is 6.54 Å². The molecule has 2 N–H and O–H groups in total. The van der Waals surface area contributed by atoms with Gasteiger partial charge in [-0.3, -0.25) is 4.79 Å². The summed E-state index contributed by atoms with van der Waals surface area (Å²) in [6, 6.07) is 3.25. The lowest BCUT2D eigenvalue weighted by atomic mass is 10.4. The standard InChI is InChI=1S/C7H7ClN2O2/c8-6-2-1-5(3-10-6)9-4-7(11)12/h1-3,9H,4H2,(H,11,12). The van der Waals surface area contributed by atoms with E-state index in [1.54, 1.807) is 12.1 Å². The molecule has 0 saturated heterocycles. The van der Waals surface area contributed by atoms with Gasteiger partial charge in [-0.25, -0.2) is 4.98 Å². The van der Waals surface area contributed by atoms with Gasteiger partial charge >= 0.3 is 5.97 Å². The highest BCUT2D eigenvalue weighted by molar-refractivity contribution is 6.29. The van der Waals surface area contributed by atoms with Crippen molar-refractivity contribution in [1.82, 2.24) is 4.98 Å². The number of nitrogens with zero attached hydrogens (tertiary/aromatic N) is 1. The molecule has 0 spiro atoms. The summed E-state index contributed by atoms with van der Waals surface area (Å²) in [6.45, 7) is -0.122. The van der Waals surface area contributed by atoms with Gasteiger partial charge in [-0.2, -0.15) is 0 Å². The Balaban J connectivity index is 2.53. The average Bonchev–Trinajstić information content (AvgIpc) is 2.03. The van der Waals surface area contributed by atoms with E-state index in [1.165, 1.54) is 6.20 Å². The molecule has 0 atom stereocenters. The molecule has 1 rings (SSSR count). The van der Waals surface area contributed by atoms with Gasteiger partial charge in [-0.05, 0) is 12.1 Å². The SMILES string of the molecule is O=C(O)CNc1ccc(Cl)nc1. The van der Waals surface area contributed by atoms with Gasteiger partial charge < -0.3 is 10.4 Å². The summed E-state index contributed by atoms with van der Waals surface area (Å²) in [5.74, 6) is -0.912. The Morgan fingerprint density at radius 3 is 2.92 bits per heavy atom. The second-order valence-corrected chi connectivity index (χ2v) is 2.50. The lowest BCUT2D eigenvalue weighted by molar-refractivity contribution is -0.134. The number of nitrogens with one attached hydrogen (secondary N) is 1. The minimum atomic E-state index is -0.912. The number of hydrogen-bond acceptors (Lipinski definition) is 3. The number of aromatic nitrogens is 1. The normalized spacial score (nSPS) is 9.42. The third-order valence-corrected chi connectivity index (χ3v) is 1.39. The number of rotatable bonds is 3. The zero-order valence-corrected chi connectivity index (χ0v) is 6.88. The number of carboxylic acids is 1. The maximum absolute atomic E-state index is 10.1. The first-order valence-electron chi connectivity index (χ1n) is 3.25. The van der Waals surface area contributed by atoms with Crippen LogP contribution in [0.3, 0.4) is 0 Å². The molecule has 0 aromatic carbocycles. The van der Waals surface area contributed by atoms with Crippen molar-refractivity contribution < 1.29 is 9.90 Å². The molecule has 1 heterocycles. The molecule has 0 fully saturated rings. The van der Waals surface area contributed by atoms with Gasteiger partial charge in [0.05, 0.1) is 11.9 Å². The van der Waals surface area contributed by atoms with Crippen molar-refractivity contribution in [3.05, 3.63) is 23.5 Å². The second-order valence-electron chi connectivity index (χ2n) is 2.12. The number of halogens is 1. The van der Waals surface area contributed by atoms with Crippen LogP contribution in [0.5, 0.6) is 0 Å². The van der Waals surface area contributed by atoms with Gasteiger partial charge in [-0.15, -0.1) is 0 Å². The molecule has 5 heteroatoms. The number of hydrogen-bond donors (Lipinski definition) is 2. The largest absolute Gasteiger partial charge is 0.480 e. The fourth-order valence-electron chi connectivity index (χ4n) is 0.658. The zero-order valence-electron chi connectivity index (χ0n) is 6.12. The Labute approximate surface area is 74.2 Å². The van der Waals surface area contributed by atoms with Crippen LogP contribution in [0, 0.1) is 0 Å². The van der Waals surface area contributed by atoms with E-state index < -0.39 is 5.97 Å². The van der Waals surface area contributed by atoms with E-state index in [4.69, 9.17) is 16.7 Å². The summed E-state index contributed by atoms with van der Waals surface area (Å²) in [5.41, 5.74) is 0.641. The maximum Gasteiger partial charge on any atom is 0.322 e. The predicted octanol–water partition coefficient (Wildman–Crippen LogP) is 1.23. The lowest BCUT2D eigenvalue weighted by Crippen LogP contribution is -2.12. The predicted molar refractivity (Wildman–Crippen MR) is 45.4 cm³/mol. The number of carbonyl (C=O) groups is 1. The van der Waals surface area contributed by atoms with E-state index in [0.717, 1.165) is 0 Å². The molecule has 0 unspecified atom stereocenters. The molecule has 0 amide bonds. The molecule has 0 saturated carbocycles. The summed E-state index contributed by atoms with van der Waals surface area (Å²) in [7, 11) is 0. The third-order valence-electron chi connectivity index (χ3n) is 1.17. The molecular weight excluding hydrogens is 180 g/mol. The van der Waals surface area contributed by atoms with Gasteiger partial charge in [0, 0.05) is 0 Å². The summed E-state index contributed by atoms with van der Waals surface area (Å²) in [4.78, 5) is 13.9. The lowest BCUT2D eigenvalue weighted by Gasteiger charge is -2.00. The molecule has 1 aromatic rings. The second kappa shape index (κ2) is 3.92. The first-order chi connectivity index (χ1) is 5.68. The first-order valence-corrected chi connectivity index (χ1v) is 3.63.